The molecule has 0 saturated heterocycles. The maximum absolute atomic E-state index is 8.45. The topological polar surface area (TPSA) is 23.8 Å². The van der Waals surface area contributed by atoms with Crippen molar-refractivity contribution < 1.29 is 0 Å². The van der Waals surface area contributed by atoms with Crippen molar-refractivity contribution in [3.8, 4) is 6.07 Å². The van der Waals surface area contributed by atoms with Crippen LogP contribution in [0.15, 0.2) is 18.2 Å². The van der Waals surface area contributed by atoms with Crippen LogP contribution < -0.4 is 0 Å². The fraction of sp³-hybridized carbons (Fsp3) is 0.125. The van der Waals surface area contributed by atoms with Crippen LogP contribution in [0.4, 0.5) is 0 Å². The van der Waals surface area contributed by atoms with Crippen molar-refractivity contribution in [1.29, 1.82) is 5.26 Å². The van der Waals surface area contributed by atoms with Crippen LogP contribution in [0.1, 0.15) is 11.1 Å². The van der Waals surface area contributed by atoms with Crippen LogP contribution in [0, 0.1) is 24.3 Å². The minimum atomic E-state index is 0.706. The Labute approximate surface area is 54.6 Å². The molecule has 1 heteroatoms. The Hall–Kier alpha value is -1.29. The van der Waals surface area contributed by atoms with Crippen LogP contribution in [-0.4, -0.2) is 0 Å². The molecule has 1 aromatic carbocycles. The molecule has 0 aliphatic heterocycles. The zero-order valence-corrected chi connectivity index (χ0v) is 5.18. The molecule has 0 N–H and O–H groups in total. The third-order valence-electron chi connectivity index (χ3n) is 1.20. The zero-order valence-electron chi connectivity index (χ0n) is 5.18. The molecule has 0 bridgehead atoms. The number of nitrogens with zero attached hydrogens (tertiary/aromatic N) is 1. The second kappa shape index (κ2) is 2.32. The van der Waals surface area contributed by atoms with E-state index in [4.69, 9.17) is 5.26 Å². The van der Waals surface area contributed by atoms with Gasteiger partial charge in [-0.3, -0.25) is 0 Å². The number of aryl methyl sites for hydroxylation is 1. The predicted octanol–water partition coefficient (Wildman–Crippen LogP) is 1.67. The largest absolute Gasteiger partial charge is 0.192 e. The second-order valence-electron chi connectivity index (χ2n) is 1.85. The Morgan fingerprint density at radius 2 is 2.44 bits per heavy atom. The molecular weight excluding hydrogens is 110 g/mol. The van der Waals surface area contributed by atoms with E-state index < -0.39 is 0 Å². The molecule has 0 atom stereocenters. The molecule has 43 valence electrons. The van der Waals surface area contributed by atoms with Gasteiger partial charge in [-0.15, -0.1) is 0 Å². The number of nitriles is 1. The third kappa shape index (κ3) is 1.09. The van der Waals surface area contributed by atoms with Crippen molar-refractivity contribution in [2.45, 2.75) is 6.92 Å². The smallest absolute Gasteiger partial charge is 0.0994 e. The standard InChI is InChI=1S/C8H6N/c1-7-4-2-3-5-8(7)6-9/h2,4-5H,1H3. The lowest BCUT2D eigenvalue weighted by Crippen LogP contribution is -1.77. The normalized spacial score (nSPS) is 8.44. The van der Waals surface area contributed by atoms with E-state index >= 15 is 0 Å². The summed E-state index contributed by atoms with van der Waals surface area (Å²) in [5.74, 6) is 0. The van der Waals surface area contributed by atoms with Crippen LogP contribution in [0.5, 0.6) is 0 Å². The Kier molecular flexibility index (Phi) is 1.51. The van der Waals surface area contributed by atoms with Crippen LogP contribution in [0.25, 0.3) is 0 Å². The molecule has 1 aromatic rings. The van der Waals surface area contributed by atoms with Gasteiger partial charge < -0.3 is 0 Å². The maximum Gasteiger partial charge on any atom is 0.0994 e. The van der Waals surface area contributed by atoms with Gasteiger partial charge in [0.2, 0.25) is 0 Å². The van der Waals surface area contributed by atoms with Crippen molar-refractivity contribution in [2.24, 2.45) is 0 Å². The predicted molar refractivity (Wildman–Crippen MR) is 34.7 cm³/mol. The molecule has 0 aromatic heterocycles. The van der Waals surface area contributed by atoms with Crippen LogP contribution in [0.2, 0.25) is 0 Å². The quantitative estimate of drug-likeness (QED) is 0.505. The van der Waals surface area contributed by atoms with Crippen LogP contribution >= 0.6 is 0 Å². The Morgan fingerprint density at radius 1 is 1.67 bits per heavy atom. The first-order valence-electron chi connectivity index (χ1n) is 2.71. The lowest BCUT2D eigenvalue weighted by Gasteiger charge is -1.90. The summed E-state index contributed by atoms with van der Waals surface area (Å²) in [6.07, 6.45) is 0. The number of hydrogen-bond acceptors (Lipinski definition) is 1. The van der Waals surface area contributed by atoms with Gasteiger partial charge in [-0.25, -0.2) is 0 Å². The highest BCUT2D eigenvalue weighted by Gasteiger charge is 1.90. The molecule has 0 unspecified atom stereocenters. The first kappa shape index (κ1) is 5.84. The molecule has 0 saturated carbocycles. The third-order valence-corrected chi connectivity index (χ3v) is 1.20. The summed E-state index contributed by atoms with van der Waals surface area (Å²) >= 11 is 0. The van der Waals surface area contributed by atoms with Crippen LogP contribution in [-0.2, 0) is 0 Å². The van der Waals surface area contributed by atoms with Gasteiger partial charge in [-0.05, 0) is 24.6 Å². The van der Waals surface area contributed by atoms with E-state index in [0.29, 0.717) is 5.56 Å². The van der Waals surface area contributed by atoms with E-state index in [9.17, 15) is 0 Å². The second-order valence-corrected chi connectivity index (χ2v) is 1.85. The minimum absolute atomic E-state index is 0.706. The van der Waals surface area contributed by atoms with E-state index in [1.54, 1.807) is 12.1 Å². The molecule has 1 nitrogen and oxygen atoms in total. The van der Waals surface area contributed by atoms with Gasteiger partial charge in [0.1, 0.15) is 0 Å². The molecule has 0 aliphatic rings. The molecule has 1 radical (unpaired) electrons. The summed E-state index contributed by atoms with van der Waals surface area (Å²) in [6.45, 7) is 1.91. The van der Waals surface area contributed by atoms with Crippen LogP contribution in [0.3, 0.4) is 0 Å². The molecule has 1 rings (SSSR count). The molecule has 0 fully saturated rings. The van der Waals surface area contributed by atoms with Crippen molar-refractivity contribution in [1.82, 2.24) is 0 Å². The number of hydrogen-bond donors (Lipinski definition) is 0. The monoisotopic (exact) mass is 116 g/mol. The van der Waals surface area contributed by atoms with Crippen molar-refractivity contribution >= 4 is 0 Å². The molecule has 0 heterocycles. The summed E-state index contributed by atoms with van der Waals surface area (Å²) in [4.78, 5) is 0. The van der Waals surface area contributed by atoms with E-state index in [0.717, 1.165) is 5.56 Å². The van der Waals surface area contributed by atoms with E-state index in [-0.39, 0.29) is 0 Å². The fourth-order valence-corrected chi connectivity index (χ4v) is 0.629. The van der Waals surface area contributed by atoms with Gasteiger partial charge >= 0.3 is 0 Å². The lowest BCUT2D eigenvalue weighted by molar-refractivity contribution is 1.39. The van der Waals surface area contributed by atoms with Gasteiger partial charge in [0.25, 0.3) is 0 Å². The van der Waals surface area contributed by atoms with Crippen molar-refractivity contribution in [3.05, 3.63) is 35.4 Å². The molecule has 9 heavy (non-hydrogen) atoms. The van der Waals surface area contributed by atoms with Crippen molar-refractivity contribution in [2.75, 3.05) is 0 Å². The maximum atomic E-state index is 8.45. The molecule has 0 spiro atoms. The van der Waals surface area contributed by atoms with Gasteiger partial charge in [-0.2, -0.15) is 5.26 Å². The highest BCUT2D eigenvalue weighted by Crippen LogP contribution is 2.02. The Morgan fingerprint density at radius 3 is 2.89 bits per heavy atom. The summed E-state index contributed by atoms with van der Waals surface area (Å²) < 4.78 is 0. The summed E-state index contributed by atoms with van der Waals surface area (Å²) in [7, 11) is 0. The van der Waals surface area contributed by atoms with Gasteiger partial charge in [0.15, 0.2) is 0 Å². The Balaban J connectivity index is 3.20. The van der Waals surface area contributed by atoms with E-state index in [1.807, 2.05) is 13.0 Å². The number of benzene rings is 1. The minimum Gasteiger partial charge on any atom is -0.192 e. The summed E-state index contributed by atoms with van der Waals surface area (Å²) in [6, 6.07) is 10.3. The Bertz CT molecular complexity index is 245. The average Bonchev–Trinajstić information content (AvgIpc) is 1.89. The highest BCUT2D eigenvalue weighted by molar-refractivity contribution is 5.35. The van der Waals surface area contributed by atoms with Gasteiger partial charge in [0.05, 0.1) is 11.6 Å². The fourth-order valence-electron chi connectivity index (χ4n) is 0.629. The van der Waals surface area contributed by atoms with E-state index in [2.05, 4.69) is 12.1 Å². The van der Waals surface area contributed by atoms with Gasteiger partial charge in [-0.1, -0.05) is 12.1 Å². The molecule has 0 amide bonds. The van der Waals surface area contributed by atoms with Gasteiger partial charge in [0, 0.05) is 0 Å². The van der Waals surface area contributed by atoms with E-state index in [1.165, 1.54) is 0 Å². The molecular formula is C8H6N. The summed E-state index contributed by atoms with van der Waals surface area (Å²) in [5.41, 5.74) is 1.72. The summed E-state index contributed by atoms with van der Waals surface area (Å²) in [5, 5.41) is 8.45. The number of rotatable bonds is 0. The first-order chi connectivity index (χ1) is 4.34. The lowest BCUT2D eigenvalue weighted by atomic mass is 10.1. The molecule has 0 aliphatic carbocycles. The van der Waals surface area contributed by atoms with Crippen molar-refractivity contribution in [3.63, 3.8) is 0 Å². The average molecular weight is 116 g/mol. The highest BCUT2D eigenvalue weighted by atomic mass is 14.2. The zero-order chi connectivity index (χ0) is 6.69. The SMILES string of the molecule is Cc1cc[c]cc1C#N. The first-order valence-corrected chi connectivity index (χ1v) is 2.71.